The summed E-state index contributed by atoms with van der Waals surface area (Å²) < 4.78 is 24.2. The second kappa shape index (κ2) is 2.85. The smallest absolute Gasteiger partial charge is 0.164 e. The van der Waals surface area contributed by atoms with Crippen LogP contribution in [0.1, 0.15) is 18.4 Å². The number of benzene rings is 1. The zero-order chi connectivity index (χ0) is 10.5. The van der Waals surface area contributed by atoms with Crippen molar-refractivity contribution in [1.82, 2.24) is 0 Å². The molecule has 80 valence electrons. The predicted molar refractivity (Wildman–Crippen MR) is 50.5 cm³/mol. The fraction of sp³-hybridized carbons (Fsp3) is 0.455. The highest BCUT2D eigenvalue weighted by molar-refractivity contribution is 5.47. The Morgan fingerprint density at radius 2 is 1.73 bits per heavy atom. The Morgan fingerprint density at radius 1 is 1.13 bits per heavy atom. The van der Waals surface area contributed by atoms with Gasteiger partial charge in [0.25, 0.3) is 0 Å². The van der Waals surface area contributed by atoms with E-state index in [0.717, 1.165) is 0 Å². The number of aliphatic hydroxyl groups is 1. The van der Waals surface area contributed by atoms with E-state index in [9.17, 15) is 9.50 Å². The fourth-order valence-electron chi connectivity index (χ4n) is 1.81. The van der Waals surface area contributed by atoms with Crippen molar-refractivity contribution >= 4 is 0 Å². The highest BCUT2D eigenvalue weighted by atomic mass is 19.1. The molecular weight excluding hydrogens is 199 g/mol. The van der Waals surface area contributed by atoms with Gasteiger partial charge in [-0.25, -0.2) is 4.39 Å². The molecule has 0 unspecified atom stereocenters. The minimum absolute atomic E-state index is 0.326. The maximum absolute atomic E-state index is 13.6. The molecule has 1 heterocycles. The first-order chi connectivity index (χ1) is 7.19. The molecule has 15 heavy (non-hydrogen) atoms. The molecule has 0 bridgehead atoms. The van der Waals surface area contributed by atoms with Gasteiger partial charge in [0, 0.05) is 11.6 Å². The van der Waals surface area contributed by atoms with Gasteiger partial charge in [0.1, 0.15) is 19.0 Å². The lowest BCUT2D eigenvalue weighted by Gasteiger charge is -2.20. The van der Waals surface area contributed by atoms with Crippen LogP contribution in [0, 0.1) is 5.82 Å². The summed E-state index contributed by atoms with van der Waals surface area (Å²) in [5.74, 6) is 0.531. The van der Waals surface area contributed by atoms with Crippen LogP contribution in [0.15, 0.2) is 12.1 Å². The minimum atomic E-state index is -0.972. The van der Waals surface area contributed by atoms with E-state index in [4.69, 9.17) is 9.47 Å². The lowest BCUT2D eigenvalue weighted by molar-refractivity contribution is 0.142. The Bertz CT molecular complexity index is 413. The standard InChI is InChI=1S/C11H11FO3/c12-8-6-10-9(14-3-4-15-10)5-7(8)11(13)1-2-11/h5-6,13H,1-4H2. The summed E-state index contributed by atoms with van der Waals surface area (Å²) in [5, 5.41) is 9.85. The van der Waals surface area contributed by atoms with Crippen LogP contribution in [0.4, 0.5) is 4.39 Å². The van der Waals surface area contributed by atoms with E-state index in [1.54, 1.807) is 6.07 Å². The fourth-order valence-corrected chi connectivity index (χ4v) is 1.81. The molecule has 0 atom stereocenters. The molecule has 0 spiro atoms. The monoisotopic (exact) mass is 210 g/mol. The molecule has 0 saturated heterocycles. The van der Waals surface area contributed by atoms with Gasteiger partial charge in [-0.3, -0.25) is 0 Å². The van der Waals surface area contributed by atoms with Crippen LogP contribution >= 0.6 is 0 Å². The van der Waals surface area contributed by atoms with Crippen LogP contribution in [0.2, 0.25) is 0 Å². The quantitative estimate of drug-likeness (QED) is 0.764. The lowest BCUT2D eigenvalue weighted by atomic mass is 10.1. The van der Waals surface area contributed by atoms with Gasteiger partial charge in [-0.2, -0.15) is 0 Å². The Balaban J connectivity index is 2.08. The van der Waals surface area contributed by atoms with Crippen molar-refractivity contribution in [3.05, 3.63) is 23.5 Å². The van der Waals surface area contributed by atoms with Gasteiger partial charge in [-0.05, 0) is 18.9 Å². The molecule has 1 aliphatic heterocycles. The van der Waals surface area contributed by atoms with Crippen molar-refractivity contribution in [2.75, 3.05) is 13.2 Å². The number of ether oxygens (including phenoxy) is 2. The molecule has 1 aromatic carbocycles. The summed E-state index contributed by atoms with van der Waals surface area (Å²) in [5.41, 5.74) is -0.647. The zero-order valence-corrected chi connectivity index (χ0v) is 8.12. The summed E-state index contributed by atoms with van der Waals surface area (Å²) in [7, 11) is 0. The van der Waals surface area contributed by atoms with Crippen LogP contribution in [0.5, 0.6) is 11.5 Å². The zero-order valence-electron chi connectivity index (χ0n) is 8.12. The summed E-state index contributed by atoms with van der Waals surface area (Å²) in [6, 6.07) is 2.84. The number of hydrogen-bond acceptors (Lipinski definition) is 3. The van der Waals surface area contributed by atoms with Crippen molar-refractivity contribution in [2.24, 2.45) is 0 Å². The Morgan fingerprint density at radius 3 is 2.33 bits per heavy atom. The maximum Gasteiger partial charge on any atom is 0.164 e. The van der Waals surface area contributed by atoms with E-state index >= 15 is 0 Å². The van der Waals surface area contributed by atoms with Crippen LogP contribution in [0.25, 0.3) is 0 Å². The maximum atomic E-state index is 13.6. The summed E-state index contributed by atoms with van der Waals surface area (Å²) >= 11 is 0. The van der Waals surface area contributed by atoms with Gasteiger partial charge in [0.15, 0.2) is 11.5 Å². The third-order valence-electron chi connectivity index (χ3n) is 2.86. The van der Waals surface area contributed by atoms with Crippen LogP contribution < -0.4 is 9.47 Å². The number of hydrogen-bond donors (Lipinski definition) is 1. The highest BCUT2D eigenvalue weighted by Gasteiger charge is 2.44. The van der Waals surface area contributed by atoms with E-state index in [-0.39, 0.29) is 0 Å². The Kier molecular flexibility index (Phi) is 1.71. The van der Waals surface area contributed by atoms with E-state index in [1.807, 2.05) is 0 Å². The molecule has 0 amide bonds. The molecule has 0 aromatic heterocycles. The van der Waals surface area contributed by atoms with E-state index < -0.39 is 11.4 Å². The van der Waals surface area contributed by atoms with Crippen molar-refractivity contribution in [3.63, 3.8) is 0 Å². The molecule has 0 radical (unpaired) electrons. The van der Waals surface area contributed by atoms with Crippen LogP contribution in [0.3, 0.4) is 0 Å². The molecule has 1 aromatic rings. The van der Waals surface area contributed by atoms with Crippen molar-refractivity contribution in [3.8, 4) is 11.5 Å². The lowest BCUT2D eigenvalue weighted by Crippen LogP contribution is -2.17. The third-order valence-corrected chi connectivity index (χ3v) is 2.86. The SMILES string of the molecule is OC1(c2cc3c(cc2F)OCCO3)CC1. The molecule has 3 nitrogen and oxygen atoms in total. The summed E-state index contributed by atoms with van der Waals surface area (Å²) in [6.45, 7) is 0.909. The largest absolute Gasteiger partial charge is 0.486 e. The predicted octanol–water partition coefficient (Wildman–Crippen LogP) is 1.58. The topological polar surface area (TPSA) is 38.7 Å². The molecule has 1 saturated carbocycles. The summed E-state index contributed by atoms with van der Waals surface area (Å²) in [6.07, 6.45) is 1.23. The van der Waals surface area contributed by atoms with Gasteiger partial charge < -0.3 is 14.6 Å². The van der Waals surface area contributed by atoms with E-state index in [1.165, 1.54) is 6.07 Å². The molecule has 1 aliphatic carbocycles. The average Bonchev–Trinajstić information content (AvgIpc) is 2.96. The second-order valence-corrected chi connectivity index (χ2v) is 4.01. The second-order valence-electron chi connectivity index (χ2n) is 4.01. The summed E-state index contributed by atoms with van der Waals surface area (Å²) in [4.78, 5) is 0. The molecular formula is C11H11FO3. The van der Waals surface area contributed by atoms with Crippen molar-refractivity contribution in [1.29, 1.82) is 0 Å². The third kappa shape index (κ3) is 1.36. The average molecular weight is 210 g/mol. The first kappa shape index (κ1) is 8.97. The number of fused-ring (bicyclic) bond motifs is 1. The van der Waals surface area contributed by atoms with Crippen molar-refractivity contribution < 1.29 is 19.0 Å². The first-order valence-electron chi connectivity index (χ1n) is 5.01. The van der Waals surface area contributed by atoms with E-state index in [0.29, 0.717) is 43.1 Å². The molecule has 2 aliphatic rings. The van der Waals surface area contributed by atoms with Crippen molar-refractivity contribution in [2.45, 2.75) is 18.4 Å². The van der Waals surface area contributed by atoms with E-state index in [2.05, 4.69) is 0 Å². The van der Waals surface area contributed by atoms with Crippen LogP contribution in [-0.2, 0) is 5.60 Å². The molecule has 3 rings (SSSR count). The minimum Gasteiger partial charge on any atom is -0.486 e. The van der Waals surface area contributed by atoms with Gasteiger partial charge in [0.2, 0.25) is 0 Å². The van der Waals surface area contributed by atoms with Gasteiger partial charge in [-0.1, -0.05) is 0 Å². The highest BCUT2D eigenvalue weighted by Crippen LogP contribution is 2.48. The molecule has 1 fully saturated rings. The Labute approximate surface area is 86.4 Å². The molecule has 4 heteroatoms. The van der Waals surface area contributed by atoms with Gasteiger partial charge in [0.05, 0.1) is 5.60 Å². The number of halogens is 1. The first-order valence-corrected chi connectivity index (χ1v) is 5.01. The molecule has 1 N–H and O–H groups in total. The van der Waals surface area contributed by atoms with Gasteiger partial charge >= 0.3 is 0 Å². The normalized spacial score (nSPS) is 21.2. The van der Waals surface area contributed by atoms with Crippen LogP contribution in [-0.4, -0.2) is 18.3 Å². The van der Waals surface area contributed by atoms with Gasteiger partial charge in [-0.15, -0.1) is 0 Å². The number of rotatable bonds is 1. The Hall–Kier alpha value is -1.29.